The van der Waals surface area contributed by atoms with E-state index < -0.39 is 0 Å². The fourth-order valence-corrected chi connectivity index (χ4v) is 4.50. The lowest BCUT2D eigenvalue weighted by atomic mass is 9.89. The van der Waals surface area contributed by atoms with Gasteiger partial charge >= 0.3 is 11.9 Å². The second-order valence-electron chi connectivity index (χ2n) is 8.53. The highest BCUT2D eigenvalue weighted by atomic mass is 16.5. The molecule has 6 nitrogen and oxygen atoms in total. The number of esters is 2. The molecule has 0 aromatic rings. The standard InChI is InChI=1S/2C13H20O3.2CH4/c2*1-3-4-5-6-11-10(7-8-12(11)14)9-13(15)16-2;;/h2*4-5,10-11H,3,6-9H2,1-2H3;2*1H4/b2*5-4+;;/t10-,11+;10-,11-;;/m00../s1. The predicted molar refractivity (Wildman–Crippen MR) is 137 cm³/mol. The van der Waals surface area contributed by atoms with Crippen molar-refractivity contribution in [2.24, 2.45) is 23.7 Å². The van der Waals surface area contributed by atoms with Gasteiger partial charge in [-0.05, 0) is 50.4 Å². The zero-order chi connectivity index (χ0) is 23.9. The van der Waals surface area contributed by atoms with Gasteiger partial charge in [0.15, 0.2) is 0 Å². The zero-order valence-corrected chi connectivity index (χ0v) is 20.1. The van der Waals surface area contributed by atoms with Crippen LogP contribution in [-0.4, -0.2) is 37.7 Å². The third-order valence-electron chi connectivity index (χ3n) is 6.39. The average molecular weight is 481 g/mol. The molecule has 0 heterocycles. The number of ether oxygens (including phenoxy) is 2. The average Bonchev–Trinajstić information content (AvgIpc) is 3.31. The molecular formula is C28H48O6. The van der Waals surface area contributed by atoms with Crippen LogP contribution in [0.4, 0.5) is 0 Å². The summed E-state index contributed by atoms with van der Waals surface area (Å²) in [5.41, 5.74) is 0. The van der Waals surface area contributed by atoms with Crippen molar-refractivity contribution in [3.8, 4) is 0 Å². The lowest BCUT2D eigenvalue weighted by Gasteiger charge is -2.15. The first-order valence-electron chi connectivity index (χ1n) is 11.9. The minimum atomic E-state index is -0.204. The third-order valence-corrected chi connectivity index (χ3v) is 6.39. The predicted octanol–water partition coefficient (Wildman–Crippen LogP) is 6.27. The SMILES string of the molecule is C.C.CC/C=C/C[C@@H]1C(=O)CC[C@H]1CC(=O)OC.CC/C=C/C[C@H]1C(=O)CC[C@H]1CC(=O)OC. The molecule has 196 valence electrons. The van der Waals surface area contributed by atoms with E-state index in [4.69, 9.17) is 0 Å². The van der Waals surface area contributed by atoms with Gasteiger partial charge in [-0.2, -0.15) is 0 Å². The molecule has 0 aromatic heterocycles. The van der Waals surface area contributed by atoms with E-state index >= 15 is 0 Å². The molecular weight excluding hydrogens is 432 g/mol. The van der Waals surface area contributed by atoms with Gasteiger partial charge < -0.3 is 9.47 Å². The Morgan fingerprint density at radius 3 is 1.38 bits per heavy atom. The van der Waals surface area contributed by atoms with Crippen molar-refractivity contribution >= 4 is 23.5 Å². The quantitative estimate of drug-likeness (QED) is 0.270. The van der Waals surface area contributed by atoms with Crippen LogP contribution in [0.3, 0.4) is 0 Å². The summed E-state index contributed by atoms with van der Waals surface area (Å²) in [5.74, 6) is 0.615. The van der Waals surface area contributed by atoms with Crippen LogP contribution in [0.15, 0.2) is 24.3 Å². The van der Waals surface area contributed by atoms with Gasteiger partial charge in [0.25, 0.3) is 0 Å². The second kappa shape index (κ2) is 19.1. The van der Waals surface area contributed by atoms with Gasteiger partial charge in [-0.25, -0.2) is 0 Å². The van der Waals surface area contributed by atoms with Crippen LogP contribution in [-0.2, 0) is 28.7 Å². The van der Waals surface area contributed by atoms with Gasteiger partial charge in [0, 0.05) is 37.5 Å². The maximum Gasteiger partial charge on any atom is 0.305 e. The summed E-state index contributed by atoms with van der Waals surface area (Å²) in [6, 6.07) is 0. The maximum absolute atomic E-state index is 11.7. The van der Waals surface area contributed by atoms with Gasteiger partial charge in [-0.15, -0.1) is 0 Å². The van der Waals surface area contributed by atoms with Crippen LogP contribution in [0.2, 0.25) is 0 Å². The number of Topliss-reactive ketones (excluding diaryl/α,β-unsaturated/α-hetero) is 2. The molecule has 0 amide bonds. The largest absolute Gasteiger partial charge is 0.469 e. The van der Waals surface area contributed by atoms with E-state index in [0.29, 0.717) is 37.2 Å². The van der Waals surface area contributed by atoms with Crippen LogP contribution in [0, 0.1) is 23.7 Å². The first kappa shape index (κ1) is 33.9. The number of carbonyl (C=O) groups is 4. The first-order chi connectivity index (χ1) is 15.4. The van der Waals surface area contributed by atoms with Gasteiger partial charge in [-0.3, -0.25) is 19.2 Å². The minimum Gasteiger partial charge on any atom is -0.469 e. The van der Waals surface area contributed by atoms with E-state index in [-0.39, 0.29) is 50.5 Å². The summed E-state index contributed by atoms with van der Waals surface area (Å²) in [5, 5.41) is 0. The highest BCUT2D eigenvalue weighted by molar-refractivity contribution is 5.85. The Labute approximate surface area is 207 Å². The number of rotatable bonds is 10. The van der Waals surface area contributed by atoms with Gasteiger partial charge in [-0.1, -0.05) is 53.0 Å². The van der Waals surface area contributed by atoms with Gasteiger partial charge in [0.2, 0.25) is 0 Å². The molecule has 0 radical (unpaired) electrons. The summed E-state index contributed by atoms with van der Waals surface area (Å²) < 4.78 is 9.31. The van der Waals surface area contributed by atoms with Crippen molar-refractivity contribution in [1.82, 2.24) is 0 Å². The van der Waals surface area contributed by atoms with E-state index in [1.54, 1.807) is 0 Å². The Bertz CT molecular complexity index is 620. The molecule has 2 rings (SSSR count). The van der Waals surface area contributed by atoms with E-state index in [1.807, 2.05) is 0 Å². The molecule has 2 fully saturated rings. The molecule has 2 aliphatic rings. The normalized spacial score (nSPS) is 23.8. The molecule has 0 N–H and O–H groups in total. The number of ketones is 2. The van der Waals surface area contributed by atoms with Crippen molar-refractivity contribution in [2.45, 2.75) is 92.9 Å². The highest BCUT2D eigenvalue weighted by Crippen LogP contribution is 2.35. The molecule has 0 aliphatic heterocycles. The van der Waals surface area contributed by atoms with Crippen molar-refractivity contribution in [3.63, 3.8) is 0 Å². The molecule has 4 atom stereocenters. The third kappa shape index (κ3) is 11.8. The Morgan fingerprint density at radius 2 is 1.09 bits per heavy atom. The van der Waals surface area contributed by atoms with Crippen LogP contribution in [0.5, 0.6) is 0 Å². The topological polar surface area (TPSA) is 86.7 Å². The Kier molecular flexibility index (Phi) is 19.1. The van der Waals surface area contributed by atoms with Gasteiger partial charge in [0.05, 0.1) is 14.2 Å². The Hall–Kier alpha value is -2.24. The van der Waals surface area contributed by atoms with Crippen molar-refractivity contribution in [1.29, 1.82) is 0 Å². The summed E-state index contributed by atoms with van der Waals surface area (Å²) in [4.78, 5) is 45.7. The summed E-state index contributed by atoms with van der Waals surface area (Å²) in [7, 11) is 2.79. The van der Waals surface area contributed by atoms with Crippen LogP contribution < -0.4 is 0 Å². The molecule has 2 aliphatic carbocycles. The fraction of sp³-hybridized carbons (Fsp3) is 0.714. The summed E-state index contributed by atoms with van der Waals surface area (Å²) in [6.45, 7) is 4.14. The number of allylic oxidation sites excluding steroid dienone is 4. The number of carbonyl (C=O) groups excluding carboxylic acids is 4. The number of methoxy groups -OCH3 is 2. The minimum absolute atomic E-state index is 0. The summed E-state index contributed by atoms with van der Waals surface area (Å²) >= 11 is 0. The fourth-order valence-electron chi connectivity index (χ4n) is 4.50. The Balaban J connectivity index is 0. The molecule has 0 spiro atoms. The zero-order valence-electron chi connectivity index (χ0n) is 20.1. The molecule has 0 saturated heterocycles. The monoisotopic (exact) mass is 480 g/mol. The molecule has 0 unspecified atom stereocenters. The van der Waals surface area contributed by atoms with Crippen molar-refractivity contribution in [3.05, 3.63) is 24.3 Å². The molecule has 2 saturated carbocycles. The van der Waals surface area contributed by atoms with E-state index in [2.05, 4.69) is 47.6 Å². The first-order valence-corrected chi connectivity index (χ1v) is 11.9. The van der Waals surface area contributed by atoms with Crippen LogP contribution in [0.25, 0.3) is 0 Å². The van der Waals surface area contributed by atoms with Crippen molar-refractivity contribution < 1.29 is 28.7 Å². The molecule has 0 aromatic carbocycles. The summed E-state index contributed by atoms with van der Waals surface area (Å²) in [6.07, 6.45) is 15.4. The van der Waals surface area contributed by atoms with E-state index in [1.165, 1.54) is 14.2 Å². The number of hydrogen-bond acceptors (Lipinski definition) is 6. The Morgan fingerprint density at radius 1 is 0.735 bits per heavy atom. The lowest BCUT2D eigenvalue weighted by Crippen LogP contribution is -2.18. The molecule has 6 heteroatoms. The lowest BCUT2D eigenvalue weighted by molar-refractivity contribution is -0.143. The molecule has 0 bridgehead atoms. The van der Waals surface area contributed by atoms with E-state index in [9.17, 15) is 19.2 Å². The van der Waals surface area contributed by atoms with Crippen LogP contribution >= 0.6 is 0 Å². The smallest absolute Gasteiger partial charge is 0.305 e. The van der Waals surface area contributed by atoms with Crippen LogP contribution in [0.1, 0.15) is 92.9 Å². The number of hydrogen-bond donors (Lipinski definition) is 0. The maximum atomic E-state index is 11.7. The second-order valence-corrected chi connectivity index (χ2v) is 8.53. The van der Waals surface area contributed by atoms with E-state index in [0.717, 1.165) is 38.5 Å². The highest BCUT2D eigenvalue weighted by Gasteiger charge is 2.35. The van der Waals surface area contributed by atoms with Crippen molar-refractivity contribution in [2.75, 3.05) is 14.2 Å². The van der Waals surface area contributed by atoms with Gasteiger partial charge in [0.1, 0.15) is 11.6 Å². The molecule has 34 heavy (non-hydrogen) atoms.